The number of methoxy groups -OCH3 is 1. The van der Waals surface area contributed by atoms with Gasteiger partial charge in [0.05, 0.1) is 18.0 Å². The number of nitrogens with two attached hydrogens (primary N) is 2. The minimum absolute atomic E-state index is 0.0644. The number of guanidine groups is 1. The predicted octanol–water partition coefficient (Wildman–Crippen LogP) is -0.605. The van der Waals surface area contributed by atoms with Crippen LogP contribution in [-0.4, -0.2) is 50.8 Å². The Labute approximate surface area is 190 Å². The number of aliphatic imine (C=N–C) groups is 1. The van der Waals surface area contributed by atoms with Crippen molar-refractivity contribution in [2.24, 2.45) is 16.5 Å². The molecule has 0 radical (unpaired) electrons. The first-order chi connectivity index (χ1) is 15.7. The molecule has 0 saturated carbocycles. The maximum absolute atomic E-state index is 12.7. The molecular weight excluding hydrogens is 452 g/mol. The van der Waals surface area contributed by atoms with Crippen LogP contribution in [0.25, 0.3) is 0 Å². The largest absolute Gasteiger partial charge is 0.497 e. The lowest BCUT2D eigenvalue weighted by Crippen LogP contribution is -2.40. The molecule has 1 aromatic carbocycles. The van der Waals surface area contributed by atoms with E-state index in [1.165, 1.54) is 49.7 Å². The number of carbonyl (C=O) groups excluding carboxylic acids is 2. The Balaban J connectivity index is 2.06. The summed E-state index contributed by atoms with van der Waals surface area (Å²) >= 11 is 0. The van der Waals surface area contributed by atoms with Crippen LogP contribution >= 0.6 is 0 Å². The Morgan fingerprint density at radius 3 is 2.55 bits per heavy atom. The standard InChI is InChI=1S/C20H26N6O6S/c1-32-15-6-8-16(9-7-15)33(30,31)25-17-5-3-11-26(19(17)29)12-18(28)24-14(13-27)4-2-10-23-20(21)22/h3,5-9,11,13-14,25H,2,4,10,12H2,1H3,(H,24,28)(H4,21,22,23)/t14-/m0/s1. The average Bonchev–Trinajstić information content (AvgIpc) is 2.78. The Hall–Kier alpha value is -3.87. The Morgan fingerprint density at radius 1 is 1.24 bits per heavy atom. The number of anilines is 1. The molecule has 1 atom stereocenters. The smallest absolute Gasteiger partial charge is 0.275 e. The summed E-state index contributed by atoms with van der Waals surface area (Å²) in [5.74, 6) is -0.179. The Morgan fingerprint density at radius 2 is 1.94 bits per heavy atom. The number of sulfonamides is 1. The van der Waals surface area contributed by atoms with Gasteiger partial charge in [-0.1, -0.05) is 0 Å². The molecule has 2 rings (SSSR count). The second kappa shape index (κ2) is 11.7. The summed E-state index contributed by atoms with van der Waals surface area (Å²) in [4.78, 5) is 39.9. The normalized spacial score (nSPS) is 11.8. The summed E-state index contributed by atoms with van der Waals surface area (Å²) < 4.78 is 33.4. The fourth-order valence-corrected chi connectivity index (χ4v) is 3.86. The van der Waals surface area contributed by atoms with Gasteiger partial charge in [0, 0.05) is 12.7 Å². The number of nitrogens with zero attached hydrogens (tertiary/aromatic N) is 2. The van der Waals surface area contributed by atoms with Gasteiger partial charge < -0.3 is 30.9 Å². The third kappa shape index (κ3) is 7.64. The average molecular weight is 479 g/mol. The molecule has 13 heteroatoms. The third-order valence-corrected chi connectivity index (χ3v) is 5.81. The quantitative estimate of drug-likeness (QED) is 0.135. The second-order valence-corrected chi connectivity index (χ2v) is 8.58. The van der Waals surface area contributed by atoms with Gasteiger partial charge in [-0.2, -0.15) is 0 Å². The van der Waals surface area contributed by atoms with E-state index in [0.717, 1.165) is 4.57 Å². The van der Waals surface area contributed by atoms with Gasteiger partial charge in [0.2, 0.25) is 5.91 Å². The molecule has 0 aliphatic carbocycles. The van der Waals surface area contributed by atoms with E-state index in [2.05, 4.69) is 15.0 Å². The summed E-state index contributed by atoms with van der Waals surface area (Å²) in [7, 11) is -2.59. The van der Waals surface area contributed by atoms with E-state index in [4.69, 9.17) is 16.2 Å². The van der Waals surface area contributed by atoms with Crippen LogP contribution in [0.4, 0.5) is 5.69 Å². The number of hydrogen-bond donors (Lipinski definition) is 4. The molecule has 1 aromatic heterocycles. The number of carbonyl (C=O) groups is 2. The number of rotatable bonds is 12. The molecule has 0 unspecified atom stereocenters. The number of benzene rings is 1. The number of ether oxygens (including phenoxy) is 1. The Bertz CT molecular complexity index is 1160. The number of aldehydes is 1. The fraction of sp³-hybridized carbons (Fsp3) is 0.300. The molecule has 0 saturated heterocycles. The summed E-state index contributed by atoms with van der Waals surface area (Å²) in [6, 6.07) is 7.56. The molecule has 12 nitrogen and oxygen atoms in total. The minimum atomic E-state index is -4.04. The molecule has 0 aliphatic rings. The van der Waals surface area contributed by atoms with Gasteiger partial charge in [-0.25, -0.2) is 8.42 Å². The molecule has 0 fully saturated rings. The fourth-order valence-electron chi connectivity index (χ4n) is 2.80. The van der Waals surface area contributed by atoms with E-state index >= 15 is 0 Å². The van der Waals surface area contributed by atoms with Gasteiger partial charge in [0.25, 0.3) is 15.6 Å². The van der Waals surface area contributed by atoms with Gasteiger partial charge in [0.1, 0.15) is 24.3 Å². The lowest BCUT2D eigenvalue weighted by atomic mass is 10.2. The highest BCUT2D eigenvalue weighted by Crippen LogP contribution is 2.17. The summed E-state index contributed by atoms with van der Waals surface area (Å²) in [5, 5.41) is 2.51. The van der Waals surface area contributed by atoms with E-state index in [0.29, 0.717) is 31.4 Å². The molecular formula is C20H26N6O6S. The minimum Gasteiger partial charge on any atom is -0.497 e. The highest BCUT2D eigenvalue weighted by Gasteiger charge is 2.18. The van der Waals surface area contributed by atoms with Crippen molar-refractivity contribution in [1.29, 1.82) is 0 Å². The molecule has 0 spiro atoms. The SMILES string of the molecule is COc1ccc(S(=O)(=O)Nc2cccn(CC(=O)N[C@H](C=O)CCCN=C(N)N)c2=O)cc1. The van der Waals surface area contributed by atoms with Crippen molar-refractivity contribution in [2.75, 3.05) is 18.4 Å². The molecule has 1 heterocycles. The second-order valence-electron chi connectivity index (χ2n) is 6.89. The number of nitrogens with one attached hydrogen (secondary N) is 2. The van der Waals surface area contributed by atoms with E-state index in [1.54, 1.807) is 0 Å². The highest BCUT2D eigenvalue weighted by molar-refractivity contribution is 7.92. The monoisotopic (exact) mass is 478 g/mol. The van der Waals surface area contributed by atoms with Crippen LogP contribution in [0.2, 0.25) is 0 Å². The zero-order valence-corrected chi connectivity index (χ0v) is 18.7. The van der Waals surface area contributed by atoms with E-state index < -0.39 is 34.1 Å². The first kappa shape index (κ1) is 25.4. The lowest BCUT2D eigenvalue weighted by molar-refractivity contribution is -0.124. The van der Waals surface area contributed by atoms with Gasteiger partial charge >= 0.3 is 0 Å². The first-order valence-electron chi connectivity index (χ1n) is 9.82. The molecule has 1 amide bonds. The topological polar surface area (TPSA) is 188 Å². The van der Waals surface area contributed by atoms with Gasteiger partial charge in [-0.15, -0.1) is 0 Å². The van der Waals surface area contributed by atoms with Gasteiger partial charge in [-0.05, 0) is 49.2 Å². The third-order valence-electron chi connectivity index (χ3n) is 4.43. The molecule has 0 bridgehead atoms. The van der Waals surface area contributed by atoms with Crippen LogP contribution < -0.4 is 31.8 Å². The molecule has 0 aliphatic heterocycles. The van der Waals surface area contributed by atoms with Crippen LogP contribution in [0.1, 0.15) is 12.8 Å². The zero-order chi connectivity index (χ0) is 24.4. The molecule has 6 N–H and O–H groups in total. The van der Waals surface area contributed by atoms with Crippen LogP contribution in [0.5, 0.6) is 5.75 Å². The highest BCUT2D eigenvalue weighted by atomic mass is 32.2. The van der Waals surface area contributed by atoms with Crippen LogP contribution in [0, 0.1) is 0 Å². The van der Waals surface area contributed by atoms with E-state index in [-0.39, 0.29) is 16.5 Å². The number of hydrogen-bond acceptors (Lipinski definition) is 7. The van der Waals surface area contributed by atoms with Crippen molar-refractivity contribution in [2.45, 2.75) is 30.3 Å². The molecule has 178 valence electrons. The zero-order valence-electron chi connectivity index (χ0n) is 17.9. The number of pyridine rings is 1. The predicted molar refractivity (Wildman–Crippen MR) is 122 cm³/mol. The van der Waals surface area contributed by atoms with Crippen molar-refractivity contribution >= 4 is 33.9 Å². The molecule has 2 aromatic rings. The summed E-state index contributed by atoms with van der Waals surface area (Å²) in [5.41, 5.74) is 9.50. The number of aromatic nitrogens is 1. The maximum atomic E-state index is 12.7. The Kier molecular flexibility index (Phi) is 8.98. The molecule has 33 heavy (non-hydrogen) atoms. The van der Waals surface area contributed by atoms with E-state index in [9.17, 15) is 22.8 Å². The van der Waals surface area contributed by atoms with Gasteiger partial charge in [0.15, 0.2) is 5.96 Å². The first-order valence-corrected chi connectivity index (χ1v) is 11.3. The van der Waals surface area contributed by atoms with Crippen molar-refractivity contribution in [3.63, 3.8) is 0 Å². The van der Waals surface area contributed by atoms with Crippen molar-refractivity contribution in [3.05, 3.63) is 52.9 Å². The maximum Gasteiger partial charge on any atom is 0.275 e. The van der Waals surface area contributed by atoms with Crippen LogP contribution in [0.3, 0.4) is 0 Å². The number of amides is 1. The van der Waals surface area contributed by atoms with E-state index in [1.807, 2.05) is 0 Å². The van der Waals surface area contributed by atoms with Crippen molar-refractivity contribution < 1.29 is 22.7 Å². The van der Waals surface area contributed by atoms with Crippen molar-refractivity contribution in [1.82, 2.24) is 9.88 Å². The van der Waals surface area contributed by atoms with Crippen LogP contribution in [0.15, 0.2) is 57.3 Å². The van der Waals surface area contributed by atoms with Crippen molar-refractivity contribution in [3.8, 4) is 5.75 Å². The summed E-state index contributed by atoms with van der Waals surface area (Å²) in [6.45, 7) is -0.104. The van der Waals surface area contributed by atoms with Gasteiger partial charge in [-0.3, -0.25) is 19.3 Å². The lowest BCUT2D eigenvalue weighted by Gasteiger charge is -2.14. The van der Waals surface area contributed by atoms with Crippen LogP contribution in [-0.2, 0) is 26.2 Å². The summed E-state index contributed by atoms with van der Waals surface area (Å²) in [6.07, 6.45) is 2.68.